The van der Waals surface area contributed by atoms with Crippen LogP contribution in [0, 0.1) is 6.92 Å². The summed E-state index contributed by atoms with van der Waals surface area (Å²) in [6.45, 7) is 1.87. The Kier molecular flexibility index (Phi) is 2.59. The van der Waals surface area contributed by atoms with Crippen LogP contribution in [0.15, 0.2) is 12.1 Å². The maximum absolute atomic E-state index is 11.6. The van der Waals surface area contributed by atoms with Crippen LogP contribution in [0.1, 0.15) is 16.2 Å². The highest BCUT2D eigenvalue weighted by molar-refractivity contribution is 6.32. The minimum atomic E-state index is -0.425. The summed E-state index contributed by atoms with van der Waals surface area (Å²) in [7, 11) is 3.22. The van der Waals surface area contributed by atoms with E-state index in [-0.39, 0.29) is 0 Å². The zero-order valence-electron chi connectivity index (χ0n) is 9.24. The van der Waals surface area contributed by atoms with E-state index in [9.17, 15) is 4.79 Å². The Labute approximate surface area is 97.8 Å². The monoisotopic (exact) mass is 238 g/mol. The number of hydrogen-bond donors (Lipinski definition) is 0. The van der Waals surface area contributed by atoms with E-state index in [1.807, 2.05) is 18.5 Å². The van der Waals surface area contributed by atoms with Crippen molar-refractivity contribution in [2.45, 2.75) is 6.92 Å². The van der Waals surface area contributed by atoms with Crippen LogP contribution in [-0.4, -0.2) is 22.6 Å². The summed E-state index contributed by atoms with van der Waals surface area (Å²) in [5.41, 5.74) is 1.84. The molecular weight excluding hydrogens is 228 g/mol. The smallest absolute Gasteiger partial charge is 0.340 e. The van der Waals surface area contributed by atoms with Crippen LogP contribution in [0.5, 0.6) is 0 Å². The highest BCUT2D eigenvalue weighted by Crippen LogP contribution is 2.24. The molecule has 0 aliphatic rings. The molecule has 0 fully saturated rings. The average Bonchev–Trinajstić information content (AvgIpc) is 2.54. The normalized spacial score (nSPS) is 10.8. The molecule has 84 valence electrons. The molecule has 0 amide bonds. The van der Waals surface area contributed by atoms with Gasteiger partial charge in [-0.2, -0.15) is 0 Å². The minimum absolute atomic E-state index is 0.397. The first-order valence-corrected chi connectivity index (χ1v) is 5.13. The fraction of sp³-hybridized carbons (Fsp3) is 0.273. The summed E-state index contributed by atoms with van der Waals surface area (Å²) in [6, 6.07) is 3.35. The van der Waals surface area contributed by atoms with E-state index in [4.69, 9.17) is 16.3 Å². The van der Waals surface area contributed by atoms with Crippen molar-refractivity contribution in [2.75, 3.05) is 7.11 Å². The Morgan fingerprint density at radius 3 is 2.81 bits per heavy atom. The van der Waals surface area contributed by atoms with E-state index in [0.29, 0.717) is 16.1 Å². The van der Waals surface area contributed by atoms with Gasteiger partial charge in [0.1, 0.15) is 11.3 Å². The molecule has 1 heterocycles. The predicted octanol–water partition coefficient (Wildman–Crippen LogP) is 2.32. The summed E-state index contributed by atoms with van der Waals surface area (Å²) in [5, 5.41) is 0.496. The zero-order valence-corrected chi connectivity index (χ0v) is 10.00. The highest BCUT2D eigenvalue weighted by Gasteiger charge is 2.16. The van der Waals surface area contributed by atoms with Crippen molar-refractivity contribution < 1.29 is 9.53 Å². The topological polar surface area (TPSA) is 44.1 Å². The van der Waals surface area contributed by atoms with Crippen molar-refractivity contribution in [1.82, 2.24) is 9.55 Å². The van der Waals surface area contributed by atoms with Gasteiger partial charge in [0.25, 0.3) is 0 Å². The van der Waals surface area contributed by atoms with Crippen LogP contribution in [0.2, 0.25) is 5.02 Å². The van der Waals surface area contributed by atoms with Gasteiger partial charge in [-0.15, -0.1) is 0 Å². The fourth-order valence-electron chi connectivity index (χ4n) is 1.63. The van der Waals surface area contributed by atoms with Crippen molar-refractivity contribution in [3.05, 3.63) is 28.5 Å². The summed E-state index contributed by atoms with van der Waals surface area (Å²) < 4.78 is 6.58. The third-order valence-electron chi connectivity index (χ3n) is 2.58. The number of halogens is 1. The van der Waals surface area contributed by atoms with Gasteiger partial charge in [0, 0.05) is 12.1 Å². The lowest BCUT2D eigenvalue weighted by atomic mass is 10.2. The van der Waals surface area contributed by atoms with Gasteiger partial charge >= 0.3 is 5.97 Å². The van der Waals surface area contributed by atoms with Crippen molar-refractivity contribution >= 4 is 28.6 Å². The first-order chi connectivity index (χ1) is 7.54. The van der Waals surface area contributed by atoms with Gasteiger partial charge in [0.2, 0.25) is 0 Å². The highest BCUT2D eigenvalue weighted by atomic mass is 35.5. The number of carbonyl (C=O) groups excluding carboxylic acids is 1. The summed E-state index contributed by atoms with van der Waals surface area (Å²) >= 11 is 5.96. The number of hydrogen-bond acceptors (Lipinski definition) is 3. The number of fused-ring (bicyclic) bond motifs is 1. The lowest BCUT2D eigenvalue weighted by molar-refractivity contribution is 0.0603. The minimum Gasteiger partial charge on any atom is -0.465 e. The van der Waals surface area contributed by atoms with Gasteiger partial charge in [0.05, 0.1) is 18.2 Å². The number of rotatable bonds is 1. The van der Waals surface area contributed by atoms with Crippen LogP contribution in [0.25, 0.3) is 11.0 Å². The summed E-state index contributed by atoms with van der Waals surface area (Å²) in [5.74, 6) is 0.396. The van der Waals surface area contributed by atoms with Gasteiger partial charge in [-0.05, 0) is 19.1 Å². The molecule has 0 radical (unpaired) electrons. The third kappa shape index (κ3) is 1.55. The molecule has 0 atom stereocenters. The number of carbonyl (C=O) groups is 1. The van der Waals surface area contributed by atoms with E-state index in [0.717, 1.165) is 11.3 Å². The molecule has 2 aromatic rings. The predicted molar refractivity (Wildman–Crippen MR) is 61.8 cm³/mol. The van der Waals surface area contributed by atoms with Gasteiger partial charge in [-0.3, -0.25) is 0 Å². The molecule has 5 heteroatoms. The van der Waals surface area contributed by atoms with Crippen molar-refractivity contribution in [2.24, 2.45) is 7.05 Å². The van der Waals surface area contributed by atoms with Crippen molar-refractivity contribution in [3.8, 4) is 0 Å². The van der Waals surface area contributed by atoms with E-state index in [1.54, 1.807) is 12.1 Å². The van der Waals surface area contributed by atoms with Gasteiger partial charge < -0.3 is 9.30 Å². The Morgan fingerprint density at radius 2 is 2.19 bits per heavy atom. The molecule has 1 aromatic carbocycles. The number of methoxy groups -OCH3 is 1. The second-order valence-electron chi connectivity index (χ2n) is 3.53. The molecule has 0 saturated carbocycles. The Hall–Kier alpha value is -1.55. The molecular formula is C11H11ClN2O2. The molecule has 0 saturated heterocycles. The van der Waals surface area contributed by atoms with E-state index < -0.39 is 5.97 Å². The van der Waals surface area contributed by atoms with E-state index in [2.05, 4.69) is 4.98 Å². The quantitative estimate of drug-likeness (QED) is 0.717. The molecule has 2 rings (SSSR count). The summed E-state index contributed by atoms with van der Waals surface area (Å²) in [6.07, 6.45) is 0. The largest absolute Gasteiger partial charge is 0.465 e. The van der Waals surface area contributed by atoms with E-state index in [1.165, 1.54) is 7.11 Å². The molecule has 0 N–H and O–H groups in total. The van der Waals surface area contributed by atoms with Crippen LogP contribution in [-0.2, 0) is 11.8 Å². The van der Waals surface area contributed by atoms with Gasteiger partial charge in [0.15, 0.2) is 0 Å². The SMILES string of the molecule is COC(=O)c1cc(Cl)cc2c1nc(C)n2C. The molecule has 0 spiro atoms. The molecule has 0 unspecified atom stereocenters. The van der Waals surface area contributed by atoms with Crippen LogP contribution in [0.4, 0.5) is 0 Å². The first kappa shape index (κ1) is 11.0. The third-order valence-corrected chi connectivity index (χ3v) is 2.80. The number of ether oxygens (including phenoxy) is 1. The second kappa shape index (κ2) is 3.79. The molecule has 4 nitrogen and oxygen atoms in total. The molecule has 0 aliphatic carbocycles. The molecule has 0 bridgehead atoms. The van der Waals surface area contributed by atoms with Crippen LogP contribution in [0.3, 0.4) is 0 Å². The maximum atomic E-state index is 11.6. The average molecular weight is 239 g/mol. The number of benzene rings is 1. The lowest BCUT2D eigenvalue weighted by Crippen LogP contribution is -2.02. The van der Waals surface area contributed by atoms with Crippen molar-refractivity contribution in [3.63, 3.8) is 0 Å². The first-order valence-electron chi connectivity index (χ1n) is 4.75. The number of esters is 1. The maximum Gasteiger partial charge on any atom is 0.340 e. The van der Waals surface area contributed by atoms with Crippen LogP contribution >= 0.6 is 11.6 Å². The Balaban J connectivity index is 2.83. The molecule has 1 aromatic heterocycles. The molecule has 16 heavy (non-hydrogen) atoms. The second-order valence-corrected chi connectivity index (χ2v) is 3.97. The van der Waals surface area contributed by atoms with Gasteiger partial charge in [-0.25, -0.2) is 9.78 Å². The Bertz CT molecular complexity index is 575. The van der Waals surface area contributed by atoms with E-state index >= 15 is 0 Å². The number of nitrogens with zero attached hydrogens (tertiary/aromatic N) is 2. The zero-order chi connectivity index (χ0) is 11.9. The van der Waals surface area contributed by atoms with Crippen molar-refractivity contribution in [1.29, 1.82) is 0 Å². The number of aryl methyl sites for hydroxylation is 2. The van der Waals surface area contributed by atoms with Crippen LogP contribution < -0.4 is 0 Å². The standard InChI is InChI=1S/C11H11ClN2O2/c1-6-13-10-8(11(15)16-3)4-7(12)5-9(10)14(6)2/h4-5H,1-3H3. The Morgan fingerprint density at radius 1 is 1.50 bits per heavy atom. The number of aromatic nitrogens is 2. The molecule has 0 aliphatic heterocycles. The summed E-state index contributed by atoms with van der Waals surface area (Å²) in [4.78, 5) is 15.9. The lowest BCUT2D eigenvalue weighted by Gasteiger charge is -2.02. The fourth-order valence-corrected chi connectivity index (χ4v) is 1.85. The number of imidazole rings is 1. The van der Waals surface area contributed by atoms with Gasteiger partial charge in [-0.1, -0.05) is 11.6 Å².